The first-order chi connectivity index (χ1) is 7.75. The van der Waals surface area contributed by atoms with E-state index in [1.807, 2.05) is 12.1 Å². The molecule has 2 aromatic rings. The van der Waals surface area contributed by atoms with E-state index in [1.165, 1.54) is 0 Å². The van der Waals surface area contributed by atoms with E-state index in [9.17, 15) is 4.79 Å². The standard InChI is InChI=1S/C9H9N5OS/c10-9-14-13-8(16-9)7(15)12-5-6-1-3-11-4-2-6/h1-4H,5H2,(H2,10,14)(H,12,15). The molecule has 0 unspecified atom stereocenters. The maximum Gasteiger partial charge on any atom is 0.282 e. The van der Waals surface area contributed by atoms with Crippen LogP contribution < -0.4 is 11.1 Å². The third-order valence-corrected chi connectivity index (χ3v) is 2.59. The fourth-order valence-corrected chi connectivity index (χ4v) is 1.61. The number of carbonyl (C=O) groups excluding carboxylic acids is 1. The van der Waals surface area contributed by atoms with Crippen molar-refractivity contribution >= 4 is 22.4 Å². The highest BCUT2D eigenvalue weighted by Gasteiger charge is 2.10. The minimum Gasteiger partial charge on any atom is -0.374 e. The van der Waals surface area contributed by atoms with Crippen molar-refractivity contribution in [3.8, 4) is 0 Å². The van der Waals surface area contributed by atoms with Gasteiger partial charge in [0, 0.05) is 18.9 Å². The summed E-state index contributed by atoms with van der Waals surface area (Å²) in [7, 11) is 0. The SMILES string of the molecule is Nc1nnc(C(=O)NCc2ccncc2)s1. The number of hydrogen-bond donors (Lipinski definition) is 2. The molecule has 0 saturated heterocycles. The van der Waals surface area contributed by atoms with Gasteiger partial charge in [0.25, 0.3) is 5.91 Å². The van der Waals surface area contributed by atoms with E-state index < -0.39 is 0 Å². The van der Waals surface area contributed by atoms with Crippen LogP contribution in [0.1, 0.15) is 15.4 Å². The van der Waals surface area contributed by atoms with Gasteiger partial charge in [-0.15, -0.1) is 10.2 Å². The van der Waals surface area contributed by atoms with Gasteiger partial charge in [-0.05, 0) is 17.7 Å². The number of rotatable bonds is 3. The van der Waals surface area contributed by atoms with Crippen LogP contribution in [-0.2, 0) is 6.54 Å². The molecule has 2 aromatic heterocycles. The molecule has 1 amide bonds. The molecule has 0 aromatic carbocycles. The zero-order valence-electron chi connectivity index (χ0n) is 8.25. The van der Waals surface area contributed by atoms with Gasteiger partial charge in [-0.1, -0.05) is 11.3 Å². The zero-order valence-corrected chi connectivity index (χ0v) is 9.07. The molecule has 0 bridgehead atoms. The lowest BCUT2D eigenvalue weighted by Gasteiger charge is -2.01. The van der Waals surface area contributed by atoms with E-state index >= 15 is 0 Å². The number of nitrogens with two attached hydrogens (primary N) is 1. The van der Waals surface area contributed by atoms with Crippen LogP contribution in [0.3, 0.4) is 0 Å². The van der Waals surface area contributed by atoms with Crippen molar-refractivity contribution in [2.75, 3.05) is 5.73 Å². The van der Waals surface area contributed by atoms with Crippen molar-refractivity contribution in [2.24, 2.45) is 0 Å². The predicted octanol–water partition coefficient (Wildman–Crippen LogP) is 0.445. The van der Waals surface area contributed by atoms with Crippen LogP contribution in [0.4, 0.5) is 5.13 Å². The Kier molecular flexibility index (Phi) is 3.06. The lowest BCUT2D eigenvalue weighted by molar-refractivity contribution is 0.0950. The number of nitrogen functional groups attached to an aromatic ring is 1. The molecule has 0 spiro atoms. The maximum atomic E-state index is 11.6. The number of aromatic nitrogens is 3. The smallest absolute Gasteiger partial charge is 0.282 e. The summed E-state index contributed by atoms with van der Waals surface area (Å²) >= 11 is 1.06. The largest absolute Gasteiger partial charge is 0.374 e. The van der Waals surface area contributed by atoms with E-state index in [1.54, 1.807) is 12.4 Å². The third kappa shape index (κ3) is 2.51. The van der Waals surface area contributed by atoms with E-state index in [2.05, 4.69) is 20.5 Å². The van der Waals surface area contributed by atoms with Crippen molar-refractivity contribution in [3.05, 3.63) is 35.1 Å². The van der Waals surface area contributed by atoms with Crippen LogP contribution in [0.25, 0.3) is 0 Å². The molecule has 7 heteroatoms. The Balaban J connectivity index is 1.94. The monoisotopic (exact) mass is 235 g/mol. The average Bonchev–Trinajstić information content (AvgIpc) is 2.74. The highest BCUT2D eigenvalue weighted by Crippen LogP contribution is 2.10. The topological polar surface area (TPSA) is 93.8 Å². The molecular weight excluding hydrogens is 226 g/mol. The summed E-state index contributed by atoms with van der Waals surface area (Å²) in [5.41, 5.74) is 6.35. The number of pyridine rings is 1. The molecule has 82 valence electrons. The fraction of sp³-hybridized carbons (Fsp3) is 0.111. The maximum absolute atomic E-state index is 11.6. The van der Waals surface area contributed by atoms with Crippen molar-refractivity contribution in [2.45, 2.75) is 6.54 Å². The van der Waals surface area contributed by atoms with Crippen molar-refractivity contribution in [1.82, 2.24) is 20.5 Å². The number of carbonyl (C=O) groups is 1. The van der Waals surface area contributed by atoms with Gasteiger partial charge in [-0.2, -0.15) is 0 Å². The van der Waals surface area contributed by atoms with Crippen LogP contribution in [0.5, 0.6) is 0 Å². The van der Waals surface area contributed by atoms with Crippen molar-refractivity contribution in [1.29, 1.82) is 0 Å². The normalized spacial score (nSPS) is 10.0. The van der Waals surface area contributed by atoms with Crippen LogP contribution in [0.2, 0.25) is 0 Å². The molecule has 0 aliphatic heterocycles. The van der Waals surface area contributed by atoms with Gasteiger partial charge in [0.1, 0.15) is 0 Å². The van der Waals surface area contributed by atoms with E-state index in [0.29, 0.717) is 6.54 Å². The average molecular weight is 235 g/mol. The van der Waals surface area contributed by atoms with Crippen LogP contribution >= 0.6 is 11.3 Å². The summed E-state index contributed by atoms with van der Waals surface area (Å²) in [5, 5.41) is 10.5. The Morgan fingerprint density at radius 2 is 2.12 bits per heavy atom. The molecule has 6 nitrogen and oxygen atoms in total. The van der Waals surface area contributed by atoms with Crippen LogP contribution in [-0.4, -0.2) is 21.1 Å². The number of hydrogen-bond acceptors (Lipinski definition) is 6. The first-order valence-electron chi connectivity index (χ1n) is 4.52. The lowest BCUT2D eigenvalue weighted by Crippen LogP contribution is -2.22. The Labute approximate surface area is 95.5 Å². The number of nitrogens with one attached hydrogen (secondary N) is 1. The number of nitrogens with zero attached hydrogens (tertiary/aromatic N) is 3. The van der Waals surface area contributed by atoms with E-state index in [0.717, 1.165) is 16.9 Å². The Hall–Kier alpha value is -2.02. The summed E-state index contributed by atoms with van der Waals surface area (Å²) in [6.07, 6.45) is 3.34. The van der Waals surface area contributed by atoms with Gasteiger partial charge in [0.15, 0.2) is 0 Å². The summed E-state index contributed by atoms with van der Waals surface area (Å²) in [4.78, 5) is 15.4. The summed E-state index contributed by atoms with van der Waals surface area (Å²) in [6.45, 7) is 0.431. The minimum atomic E-state index is -0.272. The Morgan fingerprint density at radius 1 is 1.38 bits per heavy atom. The first-order valence-corrected chi connectivity index (χ1v) is 5.33. The lowest BCUT2D eigenvalue weighted by atomic mass is 10.3. The predicted molar refractivity (Wildman–Crippen MR) is 59.7 cm³/mol. The molecule has 0 radical (unpaired) electrons. The summed E-state index contributed by atoms with van der Waals surface area (Å²) in [5.74, 6) is -0.272. The van der Waals surface area contributed by atoms with Crippen LogP contribution in [0.15, 0.2) is 24.5 Å². The van der Waals surface area contributed by atoms with E-state index in [4.69, 9.17) is 5.73 Å². The Morgan fingerprint density at radius 3 is 2.75 bits per heavy atom. The number of anilines is 1. The number of amides is 1. The second-order valence-corrected chi connectivity index (χ2v) is 3.99. The van der Waals surface area contributed by atoms with Gasteiger partial charge in [0.05, 0.1) is 0 Å². The molecule has 3 N–H and O–H groups in total. The summed E-state index contributed by atoms with van der Waals surface area (Å²) in [6, 6.07) is 3.66. The first kappa shape index (κ1) is 10.5. The highest BCUT2D eigenvalue weighted by atomic mass is 32.1. The highest BCUT2D eigenvalue weighted by molar-refractivity contribution is 7.16. The van der Waals surface area contributed by atoms with Gasteiger partial charge < -0.3 is 11.1 Å². The summed E-state index contributed by atoms with van der Waals surface area (Å²) < 4.78 is 0. The third-order valence-electron chi connectivity index (χ3n) is 1.84. The Bertz CT molecular complexity index is 484. The zero-order chi connectivity index (χ0) is 11.4. The van der Waals surface area contributed by atoms with Crippen molar-refractivity contribution in [3.63, 3.8) is 0 Å². The van der Waals surface area contributed by atoms with Gasteiger partial charge in [0.2, 0.25) is 10.1 Å². The molecule has 0 saturated carbocycles. The quantitative estimate of drug-likeness (QED) is 0.805. The molecule has 16 heavy (non-hydrogen) atoms. The van der Waals surface area contributed by atoms with Crippen LogP contribution in [0, 0.1) is 0 Å². The molecule has 0 atom stereocenters. The van der Waals surface area contributed by atoms with Gasteiger partial charge in [-0.25, -0.2) is 0 Å². The van der Waals surface area contributed by atoms with E-state index in [-0.39, 0.29) is 16.0 Å². The molecule has 2 heterocycles. The minimum absolute atomic E-state index is 0.270. The molecule has 0 aliphatic rings. The van der Waals surface area contributed by atoms with Gasteiger partial charge >= 0.3 is 0 Å². The van der Waals surface area contributed by atoms with Crippen molar-refractivity contribution < 1.29 is 4.79 Å². The molecule has 2 rings (SSSR count). The second kappa shape index (κ2) is 4.67. The molecule has 0 aliphatic carbocycles. The molecule has 0 fully saturated rings. The second-order valence-electron chi connectivity index (χ2n) is 2.98. The molecular formula is C9H9N5OS. The fourth-order valence-electron chi connectivity index (χ4n) is 1.08. The van der Waals surface area contributed by atoms with Gasteiger partial charge in [-0.3, -0.25) is 9.78 Å².